The highest BCUT2D eigenvalue weighted by molar-refractivity contribution is 6.36. The summed E-state index contributed by atoms with van der Waals surface area (Å²) in [5, 5.41) is 13.2. The first-order valence-electron chi connectivity index (χ1n) is 50.3. The number of benzene rings is 10. The van der Waals surface area contributed by atoms with Gasteiger partial charge in [0, 0.05) is 184 Å². The molecule has 143 heavy (non-hydrogen) atoms. The van der Waals surface area contributed by atoms with E-state index in [2.05, 4.69) is 82.7 Å². The number of imide groups is 4. The zero-order valence-corrected chi connectivity index (χ0v) is 83.1. The molecule has 1 fully saturated rings. The van der Waals surface area contributed by atoms with E-state index in [9.17, 15) is 57.5 Å². The molecule has 2 N–H and O–H groups in total. The fourth-order valence-electron chi connectivity index (χ4n) is 19.9. The predicted molar refractivity (Wildman–Crippen MR) is 562 cm³/mol. The highest BCUT2D eigenvalue weighted by Crippen LogP contribution is 2.50. The normalized spacial score (nSPS) is 13.8. The van der Waals surface area contributed by atoms with Crippen molar-refractivity contribution in [3.05, 3.63) is 293 Å². The Balaban J connectivity index is 0.000000152. The summed E-state index contributed by atoms with van der Waals surface area (Å²) >= 11 is 0. The summed E-state index contributed by atoms with van der Waals surface area (Å²) in [7, 11) is 0. The summed E-state index contributed by atoms with van der Waals surface area (Å²) in [4.78, 5) is 172. The van der Waals surface area contributed by atoms with Crippen LogP contribution in [0.3, 0.4) is 0 Å². The van der Waals surface area contributed by atoms with E-state index in [0.717, 1.165) is 218 Å². The van der Waals surface area contributed by atoms with E-state index in [-0.39, 0.29) is 66.5 Å². The number of rotatable bonds is 42. The SMILES string of the molecule is C=C(C)C(=O)OCCN(CC)c1ccc2c3c(cccc13)C(=O)N(CCCCCC)C2=O.C=C(C)C(=O)OCCN(c1ccc2c3c(cccc13)C(=O)N(CCCCCC)C2=O)C1CCCCC1.C=CC(=O)OCCCCCCNc1ccc2c3c(cccc13)C(=O)N(C1c3ccccc3-c3ccccc31)C2=O.C=CC(=O)OCCCCCCNc1ccc2c3c(cccc13)C(=O)N(c1nc(C)cc(C)n1)C2=O. The van der Waals surface area contributed by atoms with Crippen molar-refractivity contribution in [2.45, 2.75) is 195 Å². The number of fused-ring (bicyclic) bond motifs is 3. The summed E-state index contributed by atoms with van der Waals surface area (Å²) < 4.78 is 20.7. The van der Waals surface area contributed by atoms with Crippen LogP contribution >= 0.6 is 0 Å². The summed E-state index contributed by atoms with van der Waals surface area (Å²) in [6, 6.07) is 55.3. The topological polar surface area (TPSA) is 311 Å². The van der Waals surface area contributed by atoms with E-state index in [1.54, 1.807) is 52.0 Å². The van der Waals surface area contributed by atoms with Gasteiger partial charge < -0.3 is 39.4 Å². The van der Waals surface area contributed by atoms with Gasteiger partial charge in [0.15, 0.2) is 0 Å². The first kappa shape index (κ1) is 104. The number of hydrogen-bond donors (Lipinski definition) is 2. The molecule has 6 aliphatic rings. The van der Waals surface area contributed by atoms with Crippen molar-refractivity contribution in [2.24, 2.45) is 0 Å². The minimum absolute atomic E-state index is 0.0987. The second-order valence-electron chi connectivity index (χ2n) is 36.9. The molecule has 0 bridgehead atoms. The molecule has 5 heterocycles. The summed E-state index contributed by atoms with van der Waals surface area (Å²) in [5.74, 6) is -3.71. The van der Waals surface area contributed by atoms with E-state index >= 15 is 0 Å². The molecule has 742 valence electrons. The molecule has 2 aliphatic carbocycles. The lowest BCUT2D eigenvalue weighted by Gasteiger charge is -2.37. The van der Waals surface area contributed by atoms with Gasteiger partial charge in [-0.05, 0) is 200 Å². The van der Waals surface area contributed by atoms with Gasteiger partial charge in [0.05, 0.1) is 32.3 Å². The summed E-state index contributed by atoms with van der Waals surface area (Å²) in [6.07, 6.45) is 23.5. The van der Waals surface area contributed by atoms with Crippen LogP contribution in [0.5, 0.6) is 0 Å². The molecule has 1 aromatic heterocycles. The lowest BCUT2D eigenvalue weighted by Crippen LogP contribution is -2.42. The number of carbonyl (C=O) groups is 12. The molecule has 4 aliphatic heterocycles. The maximum absolute atomic E-state index is 14.0. The van der Waals surface area contributed by atoms with Crippen LogP contribution in [0.15, 0.2) is 226 Å². The molecule has 26 heteroatoms. The molecule has 0 unspecified atom stereocenters. The number of unbranched alkanes of at least 4 members (excludes halogenated alkanes) is 12. The van der Waals surface area contributed by atoms with Crippen LogP contribution in [0, 0.1) is 13.8 Å². The Kier molecular flexibility index (Phi) is 35.5. The van der Waals surface area contributed by atoms with Crippen molar-refractivity contribution in [3.8, 4) is 11.1 Å². The number of nitrogens with one attached hydrogen (secondary N) is 2. The maximum Gasteiger partial charge on any atom is 0.333 e. The third kappa shape index (κ3) is 23.4. The third-order valence-electron chi connectivity index (χ3n) is 27.0. The number of esters is 4. The molecular weight excluding hydrogens is 1800 g/mol. The van der Waals surface area contributed by atoms with Crippen molar-refractivity contribution < 1.29 is 76.5 Å². The molecule has 17 rings (SSSR count). The fraction of sp³-hybridized carbons (Fsp3) is 0.350. The van der Waals surface area contributed by atoms with Gasteiger partial charge in [0.1, 0.15) is 13.2 Å². The molecule has 26 nitrogen and oxygen atoms in total. The van der Waals surface area contributed by atoms with Crippen LogP contribution in [0.2, 0.25) is 0 Å². The van der Waals surface area contributed by atoms with Gasteiger partial charge in [-0.2, -0.15) is 0 Å². The van der Waals surface area contributed by atoms with Crippen molar-refractivity contribution in [3.63, 3.8) is 0 Å². The van der Waals surface area contributed by atoms with Gasteiger partial charge in [-0.25, -0.2) is 34.0 Å². The van der Waals surface area contributed by atoms with Gasteiger partial charge in [-0.15, -0.1) is 0 Å². The van der Waals surface area contributed by atoms with Gasteiger partial charge in [-0.1, -0.05) is 208 Å². The molecule has 10 aromatic carbocycles. The fourth-order valence-corrected chi connectivity index (χ4v) is 19.9. The Labute approximate surface area is 835 Å². The van der Waals surface area contributed by atoms with Crippen molar-refractivity contribution in [2.75, 3.05) is 97.6 Å². The van der Waals surface area contributed by atoms with E-state index in [4.69, 9.17) is 18.9 Å². The Morgan fingerprint density at radius 1 is 0.399 bits per heavy atom. The monoisotopic (exact) mass is 1930 g/mol. The number of hydrogen-bond acceptors (Lipinski definition) is 22. The largest absolute Gasteiger partial charge is 0.463 e. The molecule has 0 atom stereocenters. The maximum atomic E-state index is 14.0. The summed E-state index contributed by atoms with van der Waals surface area (Å²) in [6.45, 7) is 32.7. The minimum Gasteiger partial charge on any atom is -0.463 e. The molecule has 1 saturated carbocycles. The van der Waals surface area contributed by atoms with Crippen LogP contribution in [-0.2, 0) is 38.1 Å². The second-order valence-corrected chi connectivity index (χ2v) is 36.9. The van der Waals surface area contributed by atoms with Gasteiger partial charge >= 0.3 is 23.9 Å². The quantitative estimate of drug-likeness (QED) is 0.0118. The Morgan fingerprint density at radius 3 is 1.23 bits per heavy atom. The average Bonchev–Trinajstić information content (AvgIpc) is 1.52. The van der Waals surface area contributed by atoms with Gasteiger partial charge in [0.25, 0.3) is 47.3 Å². The zero-order valence-electron chi connectivity index (χ0n) is 83.1. The number of nitrogens with zero attached hydrogens (tertiary/aromatic N) is 8. The molecule has 8 amide bonds. The van der Waals surface area contributed by atoms with Crippen molar-refractivity contribution in [1.82, 2.24) is 24.7 Å². The lowest BCUT2D eigenvalue weighted by molar-refractivity contribution is -0.139. The molecule has 11 aromatic rings. The standard InChI is InChI=1S/C34H30N2O4.C30H38N2O4.C27H28N4O4.C26H32N2O4/c1-2-30(37)40-21-10-4-3-9-20-35-29-19-18-28-31-26(29)16-11-17-27(31)33(38)36(34(28)39)32-24-14-7-5-12-22(24)23-13-6-8-15-25(23)32;1-4-5-6-10-18-32-28(33)24-15-11-14-23-26(17-16-25(27(23)24)29(32)34)31(22-12-8-7-9-13-22)19-20-36-30(35)21(2)3;1-4-23(32)35-15-8-6-5-7-14-28-22-13-12-21-24-19(22)10-9-11-20(24)25(33)31(26(21)34)27-29-17(2)16-18(3)30-27;1-5-7-8-9-15-28-24(29)20-12-10-11-19-22(14-13-21(23(19)20)25(28)30)27(6-2)16-17-32-26(31)18(3)4/h2,5-8,11-19,32,35H,1,3-4,9-10,20-21H2;11,14-17,22H,2,4-10,12-13,18-20H2,1,3H3;4,9-13,16,28H,1,5-8,14-15H2,2-3H3;10-14H,3,5-9,15-17H2,1-2,4H3. The number of aryl methyl sites for hydroxylation is 2. The first-order chi connectivity index (χ1) is 69.3. The summed E-state index contributed by atoms with van der Waals surface area (Å²) in [5.41, 5.74) is 14.2. The van der Waals surface area contributed by atoms with Gasteiger partial charge in [-0.3, -0.25) is 53.1 Å². The van der Waals surface area contributed by atoms with E-state index in [1.165, 1.54) is 33.3 Å². The minimum atomic E-state index is -0.464. The predicted octanol–water partition coefficient (Wildman–Crippen LogP) is 22.9. The molecule has 0 radical (unpaired) electrons. The molecular formula is C117H128N10O16. The Bertz CT molecular complexity index is 6600. The average molecular weight is 1930 g/mol. The molecule has 0 saturated heterocycles. The van der Waals surface area contributed by atoms with Crippen LogP contribution < -0.4 is 25.3 Å². The van der Waals surface area contributed by atoms with Gasteiger partial charge in [0.2, 0.25) is 5.95 Å². The Hall–Kier alpha value is -15.1. The number of carbonyl (C=O) groups excluding carboxylic acids is 12. The van der Waals surface area contributed by atoms with Crippen molar-refractivity contribution >= 4 is 143 Å². The van der Waals surface area contributed by atoms with Crippen molar-refractivity contribution in [1.29, 1.82) is 0 Å². The number of aromatic nitrogens is 2. The van der Waals surface area contributed by atoms with Crippen LogP contribution in [-0.4, -0.2) is 174 Å². The van der Waals surface area contributed by atoms with E-state index in [0.29, 0.717) is 135 Å². The second kappa shape index (κ2) is 48.9. The van der Waals surface area contributed by atoms with E-state index in [1.807, 2.05) is 146 Å². The first-order valence-corrected chi connectivity index (χ1v) is 50.3. The Morgan fingerprint density at radius 2 is 0.776 bits per heavy atom. The lowest BCUT2D eigenvalue weighted by atomic mass is 9.90. The van der Waals surface area contributed by atoms with E-state index < -0.39 is 29.8 Å². The third-order valence-corrected chi connectivity index (χ3v) is 27.0. The highest BCUT2D eigenvalue weighted by atomic mass is 16.5. The van der Waals surface area contributed by atoms with Crippen LogP contribution in [0.25, 0.3) is 54.2 Å². The molecule has 0 spiro atoms. The number of likely N-dealkylation sites (N-methyl/N-ethyl adjacent to an activating group) is 1. The number of amides is 8. The van der Waals surface area contributed by atoms with Crippen LogP contribution in [0.4, 0.5) is 28.7 Å². The number of anilines is 5. The number of ether oxygens (including phenoxy) is 4. The van der Waals surface area contributed by atoms with Crippen LogP contribution in [0.1, 0.15) is 281 Å². The zero-order chi connectivity index (χ0) is 101. The highest BCUT2D eigenvalue weighted by Gasteiger charge is 2.45. The smallest absolute Gasteiger partial charge is 0.333 e.